The molecule has 3 heterocycles. The number of hydrogen-bond donors (Lipinski definition) is 0. The molecule has 1 atom stereocenters. The minimum absolute atomic E-state index is 0.257. The van der Waals surface area contributed by atoms with Crippen molar-refractivity contribution in [2.75, 3.05) is 11.4 Å². The van der Waals surface area contributed by atoms with Crippen molar-refractivity contribution in [1.82, 2.24) is 24.8 Å². The van der Waals surface area contributed by atoms with Crippen LogP contribution in [0.3, 0.4) is 0 Å². The van der Waals surface area contributed by atoms with E-state index < -0.39 is 18.1 Å². The summed E-state index contributed by atoms with van der Waals surface area (Å²) in [5.74, 6) is -0.659. The van der Waals surface area contributed by atoms with Gasteiger partial charge < -0.3 is 4.74 Å². The largest absolute Gasteiger partial charge is 0.442 e. The summed E-state index contributed by atoms with van der Waals surface area (Å²) in [6.07, 6.45) is 2.11. The van der Waals surface area contributed by atoms with Gasteiger partial charge in [0.2, 0.25) is 0 Å². The lowest BCUT2D eigenvalue weighted by atomic mass is 10.2. The van der Waals surface area contributed by atoms with Crippen LogP contribution in [-0.4, -0.2) is 43.5 Å². The Labute approximate surface area is 142 Å². The van der Waals surface area contributed by atoms with Gasteiger partial charge in [-0.05, 0) is 32.0 Å². The van der Waals surface area contributed by atoms with Crippen LogP contribution in [0, 0.1) is 5.95 Å². The number of carbonyl (C=O) groups is 1. The van der Waals surface area contributed by atoms with Gasteiger partial charge in [-0.25, -0.2) is 9.48 Å². The van der Waals surface area contributed by atoms with Crippen molar-refractivity contribution in [3.8, 4) is 0 Å². The van der Waals surface area contributed by atoms with Gasteiger partial charge in [0.25, 0.3) is 5.95 Å². The summed E-state index contributed by atoms with van der Waals surface area (Å²) >= 11 is 0. The number of cyclic esters (lactones) is 1. The third-order valence-corrected chi connectivity index (χ3v) is 4.16. The highest BCUT2D eigenvalue weighted by atomic mass is 19.1. The molecule has 0 bridgehead atoms. The van der Waals surface area contributed by atoms with Crippen LogP contribution >= 0.6 is 0 Å². The maximum Gasteiger partial charge on any atom is 0.414 e. The van der Waals surface area contributed by atoms with Gasteiger partial charge in [-0.1, -0.05) is 10.3 Å². The van der Waals surface area contributed by atoms with E-state index in [0.717, 1.165) is 16.6 Å². The Kier molecular flexibility index (Phi) is 3.63. The number of nitrogens with zero attached hydrogens (tertiary/aromatic N) is 6. The maximum absolute atomic E-state index is 12.9. The Balaban J connectivity index is 1.55. The molecule has 4 rings (SSSR count). The molecule has 1 aliphatic heterocycles. The minimum Gasteiger partial charge on any atom is -0.442 e. The van der Waals surface area contributed by atoms with Crippen LogP contribution in [0.15, 0.2) is 30.6 Å². The van der Waals surface area contributed by atoms with Crippen LogP contribution in [0.4, 0.5) is 14.9 Å². The number of hydrogen-bond acceptors (Lipinski definition) is 5. The maximum atomic E-state index is 12.9. The monoisotopic (exact) mass is 344 g/mol. The third kappa shape index (κ3) is 2.81. The second-order valence-corrected chi connectivity index (χ2v) is 6.31. The lowest BCUT2D eigenvalue weighted by Crippen LogP contribution is -2.26. The molecule has 1 unspecified atom stereocenters. The predicted molar refractivity (Wildman–Crippen MR) is 87.7 cm³/mol. The fourth-order valence-corrected chi connectivity index (χ4v) is 3.02. The molecule has 8 nitrogen and oxygen atoms in total. The van der Waals surface area contributed by atoms with Gasteiger partial charge in [-0.15, -0.1) is 0 Å². The number of benzene rings is 1. The summed E-state index contributed by atoms with van der Waals surface area (Å²) in [7, 11) is 0. The second kappa shape index (κ2) is 5.83. The van der Waals surface area contributed by atoms with Crippen LogP contribution in [0.25, 0.3) is 10.9 Å². The number of aromatic nitrogens is 5. The van der Waals surface area contributed by atoms with Crippen molar-refractivity contribution in [3.63, 3.8) is 0 Å². The van der Waals surface area contributed by atoms with Gasteiger partial charge in [0.05, 0.1) is 31.0 Å². The molecule has 130 valence electrons. The molecule has 3 aromatic rings. The van der Waals surface area contributed by atoms with Gasteiger partial charge >= 0.3 is 6.09 Å². The Morgan fingerprint density at radius 1 is 1.40 bits per heavy atom. The Morgan fingerprint density at radius 3 is 2.96 bits per heavy atom. The molecule has 25 heavy (non-hydrogen) atoms. The Hall–Kier alpha value is -2.97. The summed E-state index contributed by atoms with van der Waals surface area (Å²) in [5, 5.41) is 12.3. The molecule has 0 radical (unpaired) electrons. The Morgan fingerprint density at radius 2 is 2.24 bits per heavy atom. The van der Waals surface area contributed by atoms with E-state index in [4.69, 9.17) is 4.74 Å². The number of amides is 1. The molecule has 1 fully saturated rings. The molecule has 0 saturated carbocycles. The highest BCUT2D eigenvalue weighted by Gasteiger charge is 2.33. The van der Waals surface area contributed by atoms with E-state index in [1.54, 1.807) is 11.1 Å². The quantitative estimate of drug-likeness (QED) is 0.726. The SMILES string of the molecule is CC(C)n1ncc2cc(N3CC(Cn4cc(F)nn4)OC3=O)ccc21. The standard InChI is InChI=1S/C16H17FN6O2/c1-10(2)23-14-4-3-12(5-11(14)6-18-23)22-8-13(25-16(22)24)7-21-9-15(17)19-20-21/h3-6,9-10,13H,7-8H2,1-2H3. The molecule has 0 aliphatic carbocycles. The Bertz CT molecular complexity index is 934. The zero-order valence-electron chi connectivity index (χ0n) is 13.8. The zero-order valence-corrected chi connectivity index (χ0v) is 13.8. The van der Waals surface area contributed by atoms with Crippen molar-refractivity contribution in [1.29, 1.82) is 0 Å². The predicted octanol–water partition coefficient (Wildman–Crippen LogP) is 2.37. The van der Waals surface area contributed by atoms with Crippen LogP contribution in [0.5, 0.6) is 0 Å². The van der Waals surface area contributed by atoms with E-state index in [9.17, 15) is 9.18 Å². The number of anilines is 1. The first-order chi connectivity index (χ1) is 12.0. The van der Waals surface area contributed by atoms with Crippen molar-refractivity contribution in [2.24, 2.45) is 0 Å². The van der Waals surface area contributed by atoms with Crippen LogP contribution in [0.2, 0.25) is 0 Å². The molecule has 1 aromatic carbocycles. The van der Waals surface area contributed by atoms with Crippen molar-refractivity contribution in [2.45, 2.75) is 32.5 Å². The lowest BCUT2D eigenvalue weighted by molar-refractivity contribution is 0.129. The van der Waals surface area contributed by atoms with E-state index >= 15 is 0 Å². The highest BCUT2D eigenvalue weighted by Crippen LogP contribution is 2.27. The second-order valence-electron chi connectivity index (χ2n) is 6.31. The van der Waals surface area contributed by atoms with Gasteiger partial charge in [-0.2, -0.15) is 9.49 Å². The molecular formula is C16H17FN6O2. The minimum atomic E-state index is -0.659. The number of rotatable bonds is 4. The van der Waals surface area contributed by atoms with Crippen molar-refractivity contribution >= 4 is 22.7 Å². The molecule has 0 N–H and O–H groups in total. The van der Waals surface area contributed by atoms with E-state index in [0.29, 0.717) is 6.54 Å². The number of ether oxygens (including phenoxy) is 1. The van der Waals surface area contributed by atoms with Gasteiger partial charge in [-0.3, -0.25) is 9.58 Å². The number of fused-ring (bicyclic) bond motifs is 1. The summed E-state index contributed by atoms with van der Waals surface area (Å²) in [6.45, 7) is 4.75. The van der Waals surface area contributed by atoms with Crippen LogP contribution < -0.4 is 4.90 Å². The lowest BCUT2D eigenvalue weighted by Gasteiger charge is -2.13. The summed E-state index contributed by atoms with van der Waals surface area (Å²) in [4.78, 5) is 13.8. The first-order valence-corrected chi connectivity index (χ1v) is 8.02. The normalized spacial score (nSPS) is 17.7. The third-order valence-electron chi connectivity index (χ3n) is 4.16. The molecular weight excluding hydrogens is 327 g/mol. The first-order valence-electron chi connectivity index (χ1n) is 8.02. The van der Waals surface area contributed by atoms with Gasteiger partial charge in [0.15, 0.2) is 0 Å². The van der Waals surface area contributed by atoms with Crippen molar-refractivity contribution < 1.29 is 13.9 Å². The van der Waals surface area contributed by atoms with E-state index in [-0.39, 0.29) is 12.6 Å². The number of halogens is 1. The molecule has 1 saturated heterocycles. The smallest absolute Gasteiger partial charge is 0.414 e. The van der Waals surface area contributed by atoms with Crippen molar-refractivity contribution in [3.05, 3.63) is 36.5 Å². The van der Waals surface area contributed by atoms with Gasteiger partial charge in [0.1, 0.15) is 6.10 Å². The average molecular weight is 344 g/mol. The molecule has 1 aliphatic rings. The number of carbonyl (C=O) groups excluding carboxylic acids is 1. The van der Waals surface area contributed by atoms with E-state index in [1.807, 2.05) is 22.9 Å². The molecule has 0 spiro atoms. The van der Waals surface area contributed by atoms with E-state index in [1.165, 1.54) is 10.9 Å². The molecule has 2 aromatic heterocycles. The highest BCUT2D eigenvalue weighted by molar-refractivity contribution is 5.93. The van der Waals surface area contributed by atoms with Crippen LogP contribution in [0.1, 0.15) is 19.9 Å². The fourth-order valence-electron chi connectivity index (χ4n) is 3.02. The van der Waals surface area contributed by atoms with Gasteiger partial charge in [0, 0.05) is 17.1 Å². The fraction of sp³-hybridized carbons (Fsp3) is 0.375. The molecule has 1 amide bonds. The van der Waals surface area contributed by atoms with Crippen LogP contribution in [-0.2, 0) is 11.3 Å². The topological polar surface area (TPSA) is 78.1 Å². The van der Waals surface area contributed by atoms with E-state index in [2.05, 4.69) is 29.3 Å². The zero-order chi connectivity index (χ0) is 17.6. The average Bonchev–Trinajstić information content (AvgIpc) is 3.25. The molecule has 9 heteroatoms. The summed E-state index contributed by atoms with van der Waals surface area (Å²) < 4.78 is 21.5. The summed E-state index contributed by atoms with van der Waals surface area (Å²) in [5.41, 5.74) is 1.76. The summed E-state index contributed by atoms with van der Waals surface area (Å²) in [6, 6.07) is 6.00. The first kappa shape index (κ1) is 15.6.